The highest BCUT2D eigenvalue weighted by molar-refractivity contribution is 5.33. The molecule has 1 nitrogen and oxygen atoms in total. The Morgan fingerprint density at radius 1 is 0.524 bits per heavy atom. The first-order valence-electron chi connectivity index (χ1n) is 15.1. The molecule has 0 saturated heterocycles. The number of hydrogen-bond donors (Lipinski definition) is 0. The average Bonchev–Trinajstić information content (AvgIpc) is 2.91. The van der Waals surface area contributed by atoms with Crippen LogP contribution in [0.2, 0.25) is 0 Å². The van der Waals surface area contributed by atoms with Crippen LogP contribution in [0.4, 0.5) is 0 Å². The monoisotopic (exact) mass is 566 g/mol. The van der Waals surface area contributed by atoms with E-state index in [-0.39, 0.29) is 5.60 Å². The lowest BCUT2D eigenvalue weighted by Gasteiger charge is -2.20. The molecular weight excluding hydrogens is 508 g/mol. The van der Waals surface area contributed by atoms with E-state index in [9.17, 15) is 0 Å². The molecule has 0 aliphatic heterocycles. The van der Waals surface area contributed by atoms with Crippen molar-refractivity contribution in [3.8, 4) is 0 Å². The van der Waals surface area contributed by atoms with E-state index in [0.29, 0.717) is 0 Å². The Kier molecular flexibility index (Phi) is 21.3. The van der Waals surface area contributed by atoms with Gasteiger partial charge < -0.3 is 4.74 Å². The summed E-state index contributed by atoms with van der Waals surface area (Å²) in [6.07, 6.45) is 43.7. The van der Waals surface area contributed by atoms with Gasteiger partial charge in [0.05, 0.1) is 5.60 Å². The normalized spacial score (nSPS) is 15.7. The van der Waals surface area contributed by atoms with Gasteiger partial charge in [0.2, 0.25) is 0 Å². The Morgan fingerprint density at radius 2 is 0.905 bits per heavy atom. The van der Waals surface area contributed by atoms with Crippen molar-refractivity contribution in [3.05, 3.63) is 154 Å². The van der Waals surface area contributed by atoms with Gasteiger partial charge in [-0.25, -0.2) is 0 Å². The predicted octanol–water partition coefficient (Wildman–Crippen LogP) is 12.6. The van der Waals surface area contributed by atoms with Gasteiger partial charge in [0.25, 0.3) is 0 Å². The molecule has 0 heterocycles. The van der Waals surface area contributed by atoms with Crippen molar-refractivity contribution < 1.29 is 4.74 Å². The summed E-state index contributed by atoms with van der Waals surface area (Å²) in [7, 11) is 1.75. The molecule has 0 saturated carbocycles. The third-order valence-electron chi connectivity index (χ3n) is 6.36. The van der Waals surface area contributed by atoms with E-state index in [0.717, 1.165) is 19.3 Å². The van der Waals surface area contributed by atoms with Gasteiger partial charge in [0.15, 0.2) is 0 Å². The average molecular weight is 567 g/mol. The minimum Gasteiger partial charge on any atom is -0.378 e. The van der Waals surface area contributed by atoms with E-state index in [4.69, 9.17) is 4.74 Å². The first-order chi connectivity index (χ1) is 19.8. The Labute approximate surface area is 259 Å². The molecule has 0 aromatic rings. The highest BCUT2D eigenvalue weighted by Gasteiger charge is 2.12. The van der Waals surface area contributed by atoms with Crippen LogP contribution in [0.3, 0.4) is 0 Å². The molecule has 0 bridgehead atoms. The molecule has 0 radical (unpaired) electrons. The second-order valence-electron chi connectivity index (χ2n) is 11.8. The minimum atomic E-state index is -0.120. The molecule has 0 spiro atoms. The largest absolute Gasteiger partial charge is 0.378 e. The van der Waals surface area contributed by atoms with Crippen molar-refractivity contribution in [3.63, 3.8) is 0 Å². The van der Waals surface area contributed by atoms with Crippen molar-refractivity contribution in [2.75, 3.05) is 7.11 Å². The molecule has 42 heavy (non-hydrogen) atoms. The van der Waals surface area contributed by atoms with Crippen LogP contribution in [0.5, 0.6) is 0 Å². The van der Waals surface area contributed by atoms with E-state index < -0.39 is 0 Å². The second-order valence-corrected chi connectivity index (χ2v) is 11.8. The van der Waals surface area contributed by atoms with E-state index in [1.807, 2.05) is 0 Å². The lowest BCUT2D eigenvalue weighted by atomic mass is 10.0. The Balaban J connectivity index is 4.75. The fourth-order valence-corrected chi connectivity index (χ4v) is 3.40. The van der Waals surface area contributed by atoms with Crippen LogP contribution in [0.15, 0.2) is 154 Å². The van der Waals surface area contributed by atoms with Gasteiger partial charge in [-0.3, -0.25) is 0 Å². The van der Waals surface area contributed by atoms with Gasteiger partial charge in [-0.1, -0.05) is 154 Å². The fourth-order valence-electron chi connectivity index (χ4n) is 3.40. The first kappa shape index (κ1) is 38.6. The van der Waals surface area contributed by atoms with Gasteiger partial charge in [0, 0.05) is 7.11 Å². The predicted molar refractivity (Wildman–Crippen MR) is 192 cm³/mol. The zero-order valence-electron chi connectivity index (χ0n) is 28.5. The van der Waals surface area contributed by atoms with Crippen molar-refractivity contribution in [2.45, 2.75) is 94.1 Å². The van der Waals surface area contributed by atoms with E-state index in [1.165, 1.54) is 39.0 Å². The molecule has 0 aromatic heterocycles. The molecule has 0 unspecified atom stereocenters. The Bertz CT molecular complexity index is 1200. The summed E-state index contributed by atoms with van der Waals surface area (Å²) in [4.78, 5) is 0. The van der Waals surface area contributed by atoms with E-state index >= 15 is 0 Å². The van der Waals surface area contributed by atoms with Crippen LogP contribution in [-0.4, -0.2) is 12.7 Å². The zero-order valence-corrected chi connectivity index (χ0v) is 28.5. The van der Waals surface area contributed by atoms with Crippen molar-refractivity contribution in [1.82, 2.24) is 0 Å². The molecule has 0 aliphatic carbocycles. The molecule has 0 amide bonds. The summed E-state index contributed by atoms with van der Waals surface area (Å²) in [5.74, 6) is 0. The highest BCUT2D eigenvalue weighted by Crippen LogP contribution is 2.14. The zero-order chi connectivity index (χ0) is 31.8. The molecule has 0 atom stereocenters. The fraction of sp³-hybridized carbons (Fsp3) is 0.366. The van der Waals surface area contributed by atoms with Crippen molar-refractivity contribution in [2.24, 2.45) is 0 Å². The maximum absolute atomic E-state index is 5.45. The minimum absolute atomic E-state index is 0.120. The third kappa shape index (κ3) is 24.4. The standard InChI is InChI=1S/C41H58O/c1-34(2)20-14-23-37(5)26-17-29-38(6)27-15-24-35(3)21-12-13-22-36(4)25-16-28-39(7)30-18-31-40(8)32-19-33-41(9,10)42-11/h12-13,15-22,24-32H,14,23,33H2,1-11H3/b13-12+,24-15+,25-16+,29-17+,30-18+,32-19+,35-21+,36-22+,37-26+,38-27+,39-28+,40-31+. The molecule has 0 fully saturated rings. The lowest BCUT2D eigenvalue weighted by Crippen LogP contribution is -2.20. The molecule has 0 N–H and O–H groups in total. The van der Waals surface area contributed by atoms with Gasteiger partial charge in [-0.05, 0) is 88.5 Å². The Hall–Kier alpha value is -3.42. The molecular formula is C41H58O. The highest BCUT2D eigenvalue weighted by atomic mass is 16.5. The number of methoxy groups -OCH3 is 1. The summed E-state index contributed by atoms with van der Waals surface area (Å²) >= 11 is 0. The van der Waals surface area contributed by atoms with Crippen molar-refractivity contribution >= 4 is 0 Å². The quantitative estimate of drug-likeness (QED) is 0.126. The second kappa shape index (κ2) is 23.2. The summed E-state index contributed by atoms with van der Waals surface area (Å²) in [6.45, 7) is 21.3. The van der Waals surface area contributed by atoms with Crippen LogP contribution in [-0.2, 0) is 4.74 Å². The summed E-state index contributed by atoms with van der Waals surface area (Å²) in [5.41, 5.74) is 8.73. The molecule has 0 aromatic carbocycles. The number of rotatable bonds is 17. The van der Waals surface area contributed by atoms with E-state index in [2.05, 4.69) is 185 Å². The van der Waals surface area contributed by atoms with Crippen LogP contribution in [0, 0.1) is 0 Å². The van der Waals surface area contributed by atoms with Gasteiger partial charge in [-0.2, -0.15) is 0 Å². The van der Waals surface area contributed by atoms with Crippen LogP contribution < -0.4 is 0 Å². The van der Waals surface area contributed by atoms with E-state index in [1.54, 1.807) is 7.11 Å². The molecule has 228 valence electrons. The van der Waals surface area contributed by atoms with Crippen LogP contribution in [0.1, 0.15) is 88.5 Å². The molecule has 0 rings (SSSR count). The first-order valence-corrected chi connectivity index (χ1v) is 15.1. The lowest BCUT2D eigenvalue weighted by molar-refractivity contribution is 0.0255. The summed E-state index contributed by atoms with van der Waals surface area (Å²) in [6, 6.07) is 0. The number of ether oxygens (including phenoxy) is 1. The smallest absolute Gasteiger partial charge is 0.0657 e. The van der Waals surface area contributed by atoms with Gasteiger partial charge in [-0.15, -0.1) is 0 Å². The molecule has 0 aliphatic rings. The maximum Gasteiger partial charge on any atom is 0.0657 e. The SMILES string of the molecule is COC(C)(C)C/C=C/C(C)=C/C=C/C(C)=C/C=C/C(C)=C/C=C/C=C(C)/C=C/C=C(C)/C=C/C=C(\C)CCC=C(C)C. The summed E-state index contributed by atoms with van der Waals surface area (Å²) < 4.78 is 5.45. The van der Waals surface area contributed by atoms with Crippen molar-refractivity contribution in [1.29, 1.82) is 0 Å². The van der Waals surface area contributed by atoms with Gasteiger partial charge in [0.1, 0.15) is 0 Å². The maximum atomic E-state index is 5.45. The van der Waals surface area contributed by atoms with Crippen LogP contribution in [0.25, 0.3) is 0 Å². The summed E-state index contributed by atoms with van der Waals surface area (Å²) in [5, 5.41) is 0. The Morgan fingerprint density at radius 3 is 1.31 bits per heavy atom. The topological polar surface area (TPSA) is 9.23 Å². The van der Waals surface area contributed by atoms with Crippen LogP contribution >= 0.6 is 0 Å². The number of hydrogen-bond acceptors (Lipinski definition) is 1. The van der Waals surface area contributed by atoms with Gasteiger partial charge >= 0.3 is 0 Å². The number of allylic oxidation sites excluding steroid dienone is 25. The molecule has 1 heteroatoms. The third-order valence-corrected chi connectivity index (χ3v) is 6.36.